The monoisotopic (exact) mass is 261 g/mol. The first-order valence-corrected chi connectivity index (χ1v) is 5.90. The Kier molecular flexibility index (Phi) is 3.74. The van der Waals surface area contributed by atoms with Gasteiger partial charge in [0.15, 0.2) is 11.5 Å². The number of amides is 2. The summed E-state index contributed by atoms with van der Waals surface area (Å²) in [5, 5.41) is 0. The second-order valence-corrected chi connectivity index (χ2v) is 4.11. The van der Waals surface area contributed by atoms with Gasteiger partial charge in [0.1, 0.15) is 0 Å². The van der Waals surface area contributed by atoms with Crippen molar-refractivity contribution in [2.45, 2.75) is 0 Å². The number of primary amides is 1. The van der Waals surface area contributed by atoms with Crippen LogP contribution in [-0.4, -0.2) is 52.9 Å². The lowest BCUT2D eigenvalue weighted by Gasteiger charge is -2.35. The van der Waals surface area contributed by atoms with Crippen molar-refractivity contribution < 1.29 is 9.59 Å². The number of carbonyl (C=O) groups excluding carboxylic acids is 2. The Morgan fingerprint density at radius 1 is 1.21 bits per heavy atom. The van der Waals surface area contributed by atoms with Crippen molar-refractivity contribution in [3.8, 4) is 0 Å². The van der Waals surface area contributed by atoms with Crippen molar-refractivity contribution in [2.24, 2.45) is 5.73 Å². The first kappa shape index (κ1) is 13.0. The summed E-state index contributed by atoms with van der Waals surface area (Å²) in [6.07, 6.45) is 4.25. The first-order valence-electron chi connectivity index (χ1n) is 5.90. The first-order chi connectivity index (χ1) is 9.13. The highest BCUT2D eigenvalue weighted by Gasteiger charge is 2.23. The van der Waals surface area contributed by atoms with Gasteiger partial charge in [-0.15, -0.1) is 0 Å². The molecule has 2 rings (SSSR count). The van der Waals surface area contributed by atoms with Crippen molar-refractivity contribution in [3.05, 3.63) is 30.7 Å². The van der Waals surface area contributed by atoms with E-state index in [0.717, 1.165) is 0 Å². The fourth-order valence-corrected chi connectivity index (χ4v) is 2.00. The summed E-state index contributed by atoms with van der Waals surface area (Å²) in [6, 6.07) is 0. The lowest BCUT2D eigenvalue weighted by Crippen LogP contribution is -2.49. The van der Waals surface area contributed by atoms with Crippen LogP contribution >= 0.6 is 0 Å². The summed E-state index contributed by atoms with van der Waals surface area (Å²) in [6.45, 7) is 5.74. The Bertz CT molecular complexity index is 509. The van der Waals surface area contributed by atoms with E-state index in [9.17, 15) is 9.59 Å². The molecule has 0 aromatic carbocycles. The highest BCUT2D eigenvalue weighted by Crippen LogP contribution is 2.16. The Morgan fingerprint density at radius 2 is 1.84 bits per heavy atom. The molecule has 1 saturated heterocycles. The third-order valence-electron chi connectivity index (χ3n) is 2.98. The molecule has 1 aliphatic rings. The number of rotatable bonds is 3. The minimum absolute atomic E-state index is 0.0890. The summed E-state index contributed by atoms with van der Waals surface area (Å²) in [4.78, 5) is 34.5. The summed E-state index contributed by atoms with van der Waals surface area (Å²) in [5.41, 5.74) is 5.43. The van der Waals surface area contributed by atoms with Gasteiger partial charge in [-0.1, -0.05) is 6.58 Å². The van der Waals surface area contributed by atoms with Crippen LogP contribution in [0.1, 0.15) is 10.5 Å². The molecule has 1 aromatic rings. The number of piperazine rings is 1. The van der Waals surface area contributed by atoms with Crippen molar-refractivity contribution in [1.29, 1.82) is 0 Å². The Morgan fingerprint density at radius 3 is 2.42 bits per heavy atom. The molecule has 2 heterocycles. The lowest BCUT2D eigenvalue weighted by molar-refractivity contribution is -0.126. The predicted octanol–water partition coefficient (Wildman–Crippen LogP) is -0.590. The third kappa shape index (κ3) is 2.70. The van der Waals surface area contributed by atoms with Gasteiger partial charge in [-0.05, 0) is 6.08 Å². The van der Waals surface area contributed by atoms with E-state index in [-0.39, 0.29) is 11.6 Å². The van der Waals surface area contributed by atoms with Gasteiger partial charge >= 0.3 is 0 Å². The van der Waals surface area contributed by atoms with Gasteiger partial charge in [0, 0.05) is 38.6 Å². The molecular weight excluding hydrogens is 246 g/mol. The zero-order chi connectivity index (χ0) is 13.8. The van der Waals surface area contributed by atoms with Gasteiger partial charge < -0.3 is 15.5 Å². The standard InChI is InChI=1S/C12H15N5O2/c1-2-9(18)16-5-7-17(8-6-16)12-10(11(13)19)14-3-4-15-12/h2-4H,1,5-8H2,(H2,13,19). The van der Waals surface area contributed by atoms with E-state index in [1.54, 1.807) is 4.90 Å². The number of anilines is 1. The fraction of sp³-hybridized carbons (Fsp3) is 0.333. The summed E-state index contributed by atoms with van der Waals surface area (Å²) >= 11 is 0. The van der Waals surface area contributed by atoms with Crippen LogP contribution in [0.3, 0.4) is 0 Å². The predicted molar refractivity (Wildman–Crippen MR) is 69.5 cm³/mol. The molecule has 0 unspecified atom stereocenters. The van der Waals surface area contributed by atoms with E-state index in [0.29, 0.717) is 32.0 Å². The largest absolute Gasteiger partial charge is 0.364 e. The highest BCUT2D eigenvalue weighted by molar-refractivity contribution is 5.95. The number of carbonyl (C=O) groups is 2. The van der Waals surface area contributed by atoms with Crippen molar-refractivity contribution in [1.82, 2.24) is 14.9 Å². The van der Waals surface area contributed by atoms with Crippen molar-refractivity contribution >= 4 is 17.6 Å². The van der Waals surface area contributed by atoms with E-state index in [1.165, 1.54) is 18.5 Å². The Balaban J connectivity index is 2.12. The molecular formula is C12H15N5O2. The molecule has 2 amide bonds. The van der Waals surface area contributed by atoms with Crippen LogP contribution in [0.4, 0.5) is 5.82 Å². The third-order valence-corrected chi connectivity index (χ3v) is 2.98. The van der Waals surface area contributed by atoms with Crippen LogP contribution in [0.5, 0.6) is 0 Å². The Labute approximate surface area is 110 Å². The molecule has 1 fully saturated rings. The molecule has 19 heavy (non-hydrogen) atoms. The highest BCUT2D eigenvalue weighted by atomic mass is 16.2. The summed E-state index contributed by atoms with van der Waals surface area (Å²) < 4.78 is 0. The van der Waals surface area contributed by atoms with Gasteiger partial charge in [-0.25, -0.2) is 9.97 Å². The quantitative estimate of drug-likeness (QED) is 0.734. The molecule has 0 saturated carbocycles. The fourth-order valence-electron chi connectivity index (χ4n) is 2.00. The van der Waals surface area contributed by atoms with E-state index in [1.807, 2.05) is 4.90 Å². The average molecular weight is 261 g/mol. The maximum Gasteiger partial charge on any atom is 0.271 e. The van der Waals surface area contributed by atoms with Gasteiger partial charge in [-0.2, -0.15) is 0 Å². The molecule has 1 aliphatic heterocycles. The molecule has 100 valence electrons. The Hall–Kier alpha value is -2.44. The van der Waals surface area contributed by atoms with Crippen molar-refractivity contribution in [2.75, 3.05) is 31.1 Å². The zero-order valence-electron chi connectivity index (χ0n) is 10.5. The molecule has 0 spiro atoms. The number of nitrogens with two attached hydrogens (primary N) is 1. The molecule has 7 heteroatoms. The zero-order valence-corrected chi connectivity index (χ0v) is 10.5. The molecule has 0 bridgehead atoms. The van der Waals surface area contributed by atoms with Crippen LogP contribution in [0.25, 0.3) is 0 Å². The second kappa shape index (κ2) is 5.47. The van der Waals surface area contributed by atoms with Gasteiger partial charge in [0.2, 0.25) is 5.91 Å². The molecule has 1 aromatic heterocycles. The molecule has 0 atom stereocenters. The molecule has 0 radical (unpaired) electrons. The average Bonchev–Trinajstić information content (AvgIpc) is 2.46. The SMILES string of the molecule is C=CC(=O)N1CCN(c2nccnc2C(N)=O)CC1. The molecule has 7 nitrogen and oxygen atoms in total. The topological polar surface area (TPSA) is 92.4 Å². The maximum atomic E-state index is 11.5. The minimum Gasteiger partial charge on any atom is -0.364 e. The van der Waals surface area contributed by atoms with E-state index in [2.05, 4.69) is 16.5 Å². The van der Waals surface area contributed by atoms with Gasteiger partial charge in [0.25, 0.3) is 5.91 Å². The summed E-state index contributed by atoms with van der Waals surface area (Å²) in [7, 11) is 0. The number of hydrogen-bond acceptors (Lipinski definition) is 5. The van der Waals surface area contributed by atoms with Crippen LogP contribution in [-0.2, 0) is 4.79 Å². The van der Waals surface area contributed by atoms with Gasteiger partial charge in [-0.3, -0.25) is 9.59 Å². The minimum atomic E-state index is -0.604. The van der Waals surface area contributed by atoms with Crippen molar-refractivity contribution in [3.63, 3.8) is 0 Å². The number of aromatic nitrogens is 2. The van der Waals surface area contributed by atoms with Gasteiger partial charge in [0.05, 0.1) is 0 Å². The summed E-state index contributed by atoms with van der Waals surface area (Å²) in [5.74, 6) is -0.220. The van der Waals surface area contributed by atoms with Crippen LogP contribution < -0.4 is 10.6 Å². The number of nitrogens with zero attached hydrogens (tertiary/aromatic N) is 4. The second-order valence-electron chi connectivity index (χ2n) is 4.11. The normalized spacial score (nSPS) is 15.2. The van der Waals surface area contributed by atoms with Crippen LogP contribution in [0, 0.1) is 0 Å². The lowest BCUT2D eigenvalue weighted by atomic mass is 10.2. The molecule has 2 N–H and O–H groups in total. The van der Waals surface area contributed by atoms with Crippen LogP contribution in [0.15, 0.2) is 25.0 Å². The van der Waals surface area contributed by atoms with E-state index in [4.69, 9.17) is 5.73 Å². The maximum absolute atomic E-state index is 11.5. The smallest absolute Gasteiger partial charge is 0.271 e. The van der Waals surface area contributed by atoms with E-state index >= 15 is 0 Å². The van der Waals surface area contributed by atoms with E-state index < -0.39 is 5.91 Å². The van der Waals surface area contributed by atoms with Crippen LogP contribution in [0.2, 0.25) is 0 Å². The molecule has 0 aliphatic carbocycles. The number of hydrogen-bond donors (Lipinski definition) is 1.